The van der Waals surface area contributed by atoms with Crippen molar-refractivity contribution in [3.63, 3.8) is 0 Å². The predicted molar refractivity (Wildman–Crippen MR) is 72.4 cm³/mol. The van der Waals surface area contributed by atoms with Crippen molar-refractivity contribution in [1.82, 2.24) is 0 Å². The molecule has 0 radical (unpaired) electrons. The Morgan fingerprint density at radius 1 is 1.32 bits per heavy atom. The number of hydrogen-bond donors (Lipinski definition) is 2. The Balaban J connectivity index is 2.25. The van der Waals surface area contributed by atoms with Gasteiger partial charge in [0.25, 0.3) is 0 Å². The van der Waals surface area contributed by atoms with E-state index >= 15 is 0 Å². The molecule has 2 saturated carbocycles. The number of Topliss-reactive ketones (excluding diaryl/α,β-unsaturated/α-hetero) is 1. The number of carbonyl (C=O) groups excluding carboxylic acids is 1. The molecule has 2 fully saturated rings. The Morgan fingerprint density at radius 3 is 2.37 bits per heavy atom. The van der Waals surface area contributed by atoms with Crippen molar-refractivity contribution >= 4 is 5.78 Å². The number of carbonyl (C=O) groups is 1. The number of ketones is 1. The molecule has 0 saturated heterocycles. The highest BCUT2D eigenvalue weighted by molar-refractivity contribution is 6.04. The largest absolute Gasteiger partial charge is 0.391 e. The van der Waals surface area contributed by atoms with Gasteiger partial charge in [-0.05, 0) is 24.8 Å². The first-order valence-electron chi connectivity index (χ1n) is 7.12. The molecule has 3 rings (SSSR count). The van der Waals surface area contributed by atoms with Crippen LogP contribution in [0.1, 0.15) is 40.0 Å². The maximum Gasteiger partial charge on any atom is 0.167 e. The number of allylic oxidation sites excluding steroid dienone is 1. The van der Waals surface area contributed by atoms with Crippen molar-refractivity contribution in [2.45, 2.75) is 52.2 Å². The van der Waals surface area contributed by atoms with Gasteiger partial charge in [0, 0.05) is 16.9 Å². The maximum absolute atomic E-state index is 12.7. The lowest BCUT2D eigenvalue weighted by atomic mass is 9.69. The first-order chi connectivity index (χ1) is 8.79. The van der Waals surface area contributed by atoms with Crippen LogP contribution in [0.5, 0.6) is 0 Å². The van der Waals surface area contributed by atoms with E-state index in [1.165, 1.54) is 0 Å². The van der Waals surface area contributed by atoms with Crippen molar-refractivity contribution in [3.8, 4) is 0 Å². The minimum absolute atomic E-state index is 0.0136. The predicted octanol–water partition coefficient (Wildman–Crippen LogP) is 1.99. The van der Waals surface area contributed by atoms with Gasteiger partial charge < -0.3 is 10.2 Å². The summed E-state index contributed by atoms with van der Waals surface area (Å²) >= 11 is 0. The normalized spacial score (nSPS) is 38.9. The van der Waals surface area contributed by atoms with E-state index in [9.17, 15) is 15.0 Å². The Kier molecular flexibility index (Phi) is 2.47. The lowest BCUT2D eigenvalue weighted by molar-refractivity contribution is -0.124. The van der Waals surface area contributed by atoms with E-state index in [-0.39, 0.29) is 11.2 Å². The molecular formula is C16H22O3. The zero-order valence-corrected chi connectivity index (χ0v) is 11.9. The van der Waals surface area contributed by atoms with E-state index in [4.69, 9.17) is 0 Å². The lowest BCUT2D eigenvalue weighted by Gasteiger charge is -2.37. The molecule has 3 unspecified atom stereocenters. The summed E-state index contributed by atoms with van der Waals surface area (Å²) in [7, 11) is 0. The fraction of sp³-hybridized carbons (Fsp3) is 0.688. The molecule has 3 nitrogen and oxygen atoms in total. The summed E-state index contributed by atoms with van der Waals surface area (Å²) in [6.07, 6.45) is 1.15. The standard InChI is InChI=1S/C16H22O3/c1-5-9-10-11(14(19)15(3,4)13(10)18)12(17)8(2)16(9)6-7-16/h11-12,14,17,19H,2,5-7H2,1,3-4H3. The average molecular weight is 262 g/mol. The summed E-state index contributed by atoms with van der Waals surface area (Å²) in [4.78, 5) is 12.7. The van der Waals surface area contributed by atoms with Crippen LogP contribution in [0.15, 0.2) is 23.3 Å². The van der Waals surface area contributed by atoms with Crippen LogP contribution in [-0.4, -0.2) is 28.2 Å². The molecule has 0 aromatic carbocycles. The zero-order chi connectivity index (χ0) is 14.2. The molecular weight excluding hydrogens is 240 g/mol. The Bertz CT molecular complexity index is 508. The molecule has 1 spiro atoms. The fourth-order valence-corrected chi connectivity index (χ4v) is 4.14. The zero-order valence-electron chi connectivity index (χ0n) is 11.9. The summed E-state index contributed by atoms with van der Waals surface area (Å²) < 4.78 is 0. The molecule has 0 amide bonds. The molecule has 104 valence electrons. The topological polar surface area (TPSA) is 57.5 Å². The summed E-state index contributed by atoms with van der Waals surface area (Å²) in [6.45, 7) is 9.66. The van der Waals surface area contributed by atoms with E-state index in [0.29, 0.717) is 5.57 Å². The van der Waals surface area contributed by atoms with E-state index in [0.717, 1.165) is 30.4 Å². The molecule has 0 heterocycles. The third kappa shape index (κ3) is 1.33. The summed E-state index contributed by atoms with van der Waals surface area (Å²) in [5.41, 5.74) is 1.69. The van der Waals surface area contributed by atoms with E-state index in [1.807, 2.05) is 0 Å². The Labute approximate surface area is 114 Å². The van der Waals surface area contributed by atoms with Crippen LogP contribution in [-0.2, 0) is 4.79 Å². The van der Waals surface area contributed by atoms with Crippen LogP contribution in [0.4, 0.5) is 0 Å². The van der Waals surface area contributed by atoms with Crippen LogP contribution in [0.25, 0.3) is 0 Å². The quantitative estimate of drug-likeness (QED) is 0.711. The molecule has 19 heavy (non-hydrogen) atoms. The Hall–Kier alpha value is -0.930. The van der Waals surface area contributed by atoms with Crippen molar-refractivity contribution in [1.29, 1.82) is 0 Å². The lowest BCUT2D eigenvalue weighted by Crippen LogP contribution is -2.40. The average Bonchev–Trinajstić information content (AvgIpc) is 3.12. The molecule has 3 aliphatic carbocycles. The van der Waals surface area contributed by atoms with E-state index < -0.39 is 23.5 Å². The summed E-state index contributed by atoms with van der Waals surface area (Å²) in [5.74, 6) is -0.462. The smallest absolute Gasteiger partial charge is 0.167 e. The van der Waals surface area contributed by atoms with Crippen molar-refractivity contribution in [2.75, 3.05) is 0 Å². The molecule has 0 aromatic heterocycles. The van der Waals surface area contributed by atoms with Gasteiger partial charge in [-0.15, -0.1) is 0 Å². The van der Waals surface area contributed by atoms with Gasteiger partial charge in [-0.3, -0.25) is 4.79 Å². The number of rotatable bonds is 1. The van der Waals surface area contributed by atoms with Crippen LogP contribution in [0, 0.1) is 16.7 Å². The maximum atomic E-state index is 12.7. The molecule has 3 atom stereocenters. The molecule has 0 bridgehead atoms. The molecule has 3 heteroatoms. The van der Waals surface area contributed by atoms with Crippen LogP contribution < -0.4 is 0 Å². The summed E-state index contributed by atoms with van der Waals surface area (Å²) in [6, 6.07) is 0. The van der Waals surface area contributed by atoms with Gasteiger partial charge in [-0.25, -0.2) is 0 Å². The van der Waals surface area contributed by atoms with Gasteiger partial charge in [0.2, 0.25) is 0 Å². The van der Waals surface area contributed by atoms with Crippen molar-refractivity contribution in [3.05, 3.63) is 23.3 Å². The van der Waals surface area contributed by atoms with Crippen LogP contribution in [0.3, 0.4) is 0 Å². The molecule has 2 N–H and O–H groups in total. The van der Waals surface area contributed by atoms with Crippen molar-refractivity contribution in [2.24, 2.45) is 16.7 Å². The third-order valence-electron chi connectivity index (χ3n) is 5.56. The number of hydrogen-bond acceptors (Lipinski definition) is 3. The van der Waals surface area contributed by atoms with Gasteiger partial charge >= 0.3 is 0 Å². The van der Waals surface area contributed by atoms with Gasteiger partial charge in [0.15, 0.2) is 5.78 Å². The summed E-state index contributed by atoms with van der Waals surface area (Å²) in [5, 5.41) is 21.0. The fourth-order valence-electron chi connectivity index (χ4n) is 4.14. The van der Waals surface area contributed by atoms with Gasteiger partial charge in [-0.2, -0.15) is 0 Å². The number of fused-ring (bicyclic) bond motifs is 1. The molecule has 0 aromatic rings. The monoisotopic (exact) mass is 262 g/mol. The van der Waals surface area contributed by atoms with Crippen LogP contribution >= 0.6 is 0 Å². The first-order valence-corrected chi connectivity index (χ1v) is 7.12. The van der Waals surface area contributed by atoms with Crippen LogP contribution in [0.2, 0.25) is 0 Å². The SMILES string of the molecule is C=C1C(O)C2C(=C(CC)C13CC3)C(=O)C(C)(C)C2O. The minimum Gasteiger partial charge on any atom is -0.391 e. The second-order valence-electron chi connectivity index (χ2n) is 6.82. The highest BCUT2D eigenvalue weighted by atomic mass is 16.3. The van der Waals surface area contributed by atoms with Gasteiger partial charge in [0.1, 0.15) is 0 Å². The van der Waals surface area contributed by atoms with Gasteiger partial charge in [0.05, 0.1) is 17.6 Å². The molecule has 0 aliphatic heterocycles. The third-order valence-corrected chi connectivity index (χ3v) is 5.56. The molecule has 3 aliphatic rings. The second kappa shape index (κ2) is 3.58. The number of aliphatic hydroxyl groups excluding tert-OH is 2. The number of aliphatic hydroxyl groups is 2. The van der Waals surface area contributed by atoms with E-state index in [1.54, 1.807) is 13.8 Å². The highest BCUT2D eigenvalue weighted by Crippen LogP contribution is 2.65. The van der Waals surface area contributed by atoms with Crippen molar-refractivity contribution < 1.29 is 15.0 Å². The van der Waals surface area contributed by atoms with E-state index in [2.05, 4.69) is 13.5 Å². The van der Waals surface area contributed by atoms with Gasteiger partial charge in [-0.1, -0.05) is 32.9 Å². The Morgan fingerprint density at radius 2 is 1.89 bits per heavy atom. The highest BCUT2D eigenvalue weighted by Gasteiger charge is 2.63. The first kappa shape index (κ1) is 13.1. The second-order valence-corrected chi connectivity index (χ2v) is 6.82. The minimum atomic E-state index is -0.820.